The van der Waals surface area contributed by atoms with E-state index in [4.69, 9.17) is 5.73 Å². The number of carbonyl (C=O) groups excluding carboxylic acids is 1. The molecule has 5 nitrogen and oxygen atoms in total. The Morgan fingerprint density at radius 1 is 1.47 bits per heavy atom. The van der Waals surface area contributed by atoms with Crippen molar-refractivity contribution in [1.82, 2.24) is 15.6 Å². The second-order valence-electron chi connectivity index (χ2n) is 4.34. The van der Waals surface area contributed by atoms with E-state index < -0.39 is 0 Å². The number of thiazole rings is 1. The van der Waals surface area contributed by atoms with Crippen LogP contribution in [0.1, 0.15) is 37.8 Å². The third-order valence-corrected chi connectivity index (χ3v) is 3.66. The van der Waals surface area contributed by atoms with Crippen molar-refractivity contribution in [2.45, 2.75) is 44.7 Å². The second kappa shape index (κ2) is 5.86. The fourth-order valence-corrected chi connectivity index (χ4v) is 2.62. The van der Waals surface area contributed by atoms with Crippen LogP contribution in [-0.4, -0.2) is 17.1 Å². The van der Waals surface area contributed by atoms with Gasteiger partial charge < -0.3 is 16.4 Å². The minimum atomic E-state index is -0.108. The number of anilines is 1. The number of rotatable bonds is 3. The fraction of sp³-hybridized carbons (Fsp3) is 0.636. The molecule has 2 amide bonds. The summed E-state index contributed by atoms with van der Waals surface area (Å²) < 4.78 is 0. The molecule has 1 fully saturated rings. The van der Waals surface area contributed by atoms with Crippen molar-refractivity contribution in [2.75, 3.05) is 5.73 Å². The van der Waals surface area contributed by atoms with Crippen LogP contribution in [0, 0.1) is 0 Å². The Hall–Kier alpha value is -1.30. The van der Waals surface area contributed by atoms with E-state index in [9.17, 15) is 4.79 Å². The third-order valence-electron chi connectivity index (χ3n) is 2.94. The first-order chi connectivity index (χ1) is 8.24. The van der Waals surface area contributed by atoms with Gasteiger partial charge in [-0.05, 0) is 12.8 Å². The lowest BCUT2D eigenvalue weighted by molar-refractivity contribution is 0.232. The summed E-state index contributed by atoms with van der Waals surface area (Å²) in [5.41, 5.74) is 6.32. The summed E-state index contributed by atoms with van der Waals surface area (Å²) in [6.45, 7) is 0.437. The van der Waals surface area contributed by atoms with Crippen molar-refractivity contribution >= 4 is 22.5 Å². The van der Waals surface area contributed by atoms with Crippen LogP contribution < -0.4 is 16.4 Å². The van der Waals surface area contributed by atoms with Crippen LogP contribution in [0.5, 0.6) is 0 Å². The van der Waals surface area contributed by atoms with Crippen LogP contribution in [0.25, 0.3) is 0 Å². The maximum Gasteiger partial charge on any atom is 0.315 e. The van der Waals surface area contributed by atoms with E-state index in [1.54, 1.807) is 0 Å². The number of hydrogen-bond donors (Lipinski definition) is 3. The van der Waals surface area contributed by atoms with E-state index in [0.717, 1.165) is 18.5 Å². The largest absolute Gasteiger partial charge is 0.375 e. The van der Waals surface area contributed by atoms with Gasteiger partial charge >= 0.3 is 6.03 Å². The molecule has 0 aliphatic heterocycles. The highest BCUT2D eigenvalue weighted by Crippen LogP contribution is 2.17. The molecule has 0 radical (unpaired) electrons. The van der Waals surface area contributed by atoms with Gasteiger partial charge in [0.05, 0.1) is 12.2 Å². The number of nitrogens with zero attached hydrogens (tertiary/aromatic N) is 1. The van der Waals surface area contributed by atoms with E-state index in [-0.39, 0.29) is 6.03 Å². The highest BCUT2D eigenvalue weighted by Gasteiger charge is 2.15. The van der Waals surface area contributed by atoms with Crippen molar-refractivity contribution in [1.29, 1.82) is 0 Å². The van der Waals surface area contributed by atoms with E-state index >= 15 is 0 Å². The molecule has 17 heavy (non-hydrogen) atoms. The zero-order valence-corrected chi connectivity index (χ0v) is 10.6. The predicted octanol–water partition coefficient (Wildman–Crippen LogP) is 1.86. The van der Waals surface area contributed by atoms with E-state index in [2.05, 4.69) is 15.6 Å². The summed E-state index contributed by atoms with van der Waals surface area (Å²) in [6, 6.07) is 0.229. The fourth-order valence-electron chi connectivity index (χ4n) is 2.06. The monoisotopic (exact) mass is 254 g/mol. The van der Waals surface area contributed by atoms with Gasteiger partial charge in [0.25, 0.3) is 0 Å². The molecule has 0 bridgehead atoms. The minimum absolute atomic E-state index is 0.108. The molecule has 1 saturated carbocycles. The van der Waals surface area contributed by atoms with Gasteiger partial charge in [-0.1, -0.05) is 19.3 Å². The summed E-state index contributed by atoms with van der Waals surface area (Å²) in [5, 5.41) is 8.18. The highest BCUT2D eigenvalue weighted by molar-refractivity contribution is 7.13. The SMILES string of the molecule is Nc1nc(CNC(=O)NC2CCCCC2)cs1. The van der Waals surface area contributed by atoms with E-state index in [1.165, 1.54) is 30.6 Å². The lowest BCUT2D eigenvalue weighted by atomic mass is 9.96. The topological polar surface area (TPSA) is 80.0 Å². The number of amides is 2. The average Bonchev–Trinajstić information content (AvgIpc) is 2.74. The number of nitrogen functional groups attached to an aromatic ring is 1. The number of aromatic nitrogens is 1. The third kappa shape index (κ3) is 3.89. The normalized spacial score (nSPS) is 16.7. The quantitative estimate of drug-likeness (QED) is 0.770. The van der Waals surface area contributed by atoms with Gasteiger partial charge in [0.15, 0.2) is 5.13 Å². The molecule has 0 unspecified atom stereocenters. The lowest BCUT2D eigenvalue weighted by Gasteiger charge is -2.22. The zero-order chi connectivity index (χ0) is 12.1. The molecule has 1 aromatic rings. The Balaban J connectivity index is 1.70. The van der Waals surface area contributed by atoms with Crippen molar-refractivity contribution in [3.05, 3.63) is 11.1 Å². The lowest BCUT2D eigenvalue weighted by Crippen LogP contribution is -2.42. The van der Waals surface area contributed by atoms with E-state index in [1.807, 2.05) is 5.38 Å². The van der Waals surface area contributed by atoms with Gasteiger partial charge in [0, 0.05) is 11.4 Å². The molecular weight excluding hydrogens is 236 g/mol. The first-order valence-electron chi connectivity index (χ1n) is 5.98. The molecule has 0 spiro atoms. The molecule has 2 rings (SSSR count). The van der Waals surface area contributed by atoms with Crippen LogP contribution in [0.15, 0.2) is 5.38 Å². The molecule has 94 valence electrons. The maximum atomic E-state index is 11.6. The Labute approximate surface area is 105 Å². The van der Waals surface area contributed by atoms with Crippen LogP contribution in [0.2, 0.25) is 0 Å². The summed E-state index contributed by atoms with van der Waals surface area (Å²) in [5.74, 6) is 0. The van der Waals surface area contributed by atoms with Crippen LogP contribution in [0.4, 0.5) is 9.93 Å². The number of carbonyl (C=O) groups is 1. The molecule has 1 aliphatic rings. The minimum Gasteiger partial charge on any atom is -0.375 e. The molecule has 0 saturated heterocycles. The van der Waals surface area contributed by atoms with Crippen molar-refractivity contribution in [3.8, 4) is 0 Å². The smallest absolute Gasteiger partial charge is 0.315 e. The van der Waals surface area contributed by atoms with Gasteiger partial charge in [-0.2, -0.15) is 0 Å². The van der Waals surface area contributed by atoms with Gasteiger partial charge in [0.1, 0.15) is 0 Å². The molecule has 1 aliphatic carbocycles. The Morgan fingerprint density at radius 3 is 2.88 bits per heavy atom. The molecule has 0 atom stereocenters. The summed E-state index contributed by atoms with van der Waals surface area (Å²) in [4.78, 5) is 15.7. The predicted molar refractivity (Wildman–Crippen MR) is 68.8 cm³/mol. The number of nitrogens with two attached hydrogens (primary N) is 1. The number of hydrogen-bond acceptors (Lipinski definition) is 4. The summed E-state index contributed by atoms with van der Waals surface area (Å²) in [7, 11) is 0. The van der Waals surface area contributed by atoms with Gasteiger partial charge in [-0.3, -0.25) is 0 Å². The molecule has 4 N–H and O–H groups in total. The summed E-state index contributed by atoms with van der Waals surface area (Å²) >= 11 is 1.39. The van der Waals surface area contributed by atoms with Gasteiger partial charge in [-0.15, -0.1) is 11.3 Å². The Kier molecular flexibility index (Phi) is 4.19. The van der Waals surface area contributed by atoms with Gasteiger partial charge in [0.2, 0.25) is 0 Å². The van der Waals surface area contributed by atoms with Crippen LogP contribution >= 0.6 is 11.3 Å². The maximum absolute atomic E-state index is 11.6. The highest BCUT2D eigenvalue weighted by atomic mass is 32.1. The second-order valence-corrected chi connectivity index (χ2v) is 5.23. The van der Waals surface area contributed by atoms with Crippen molar-refractivity contribution < 1.29 is 4.79 Å². The van der Waals surface area contributed by atoms with E-state index in [0.29, 0.717) is 17.7 Å². The molecule has 0 aromatic carbocycles. The van der Waals surface area contributed by atoms with Crippen LogP contribution in [0.3, 0.4) is 0 Å². The first-order valence-corrected chi connectivity index (χ1v) is 6.86. The molecule has 6 heteroatoms. The number of urea groups is 1. The van der Waals surface area contributed by atoms with Crippen molar-refractivity contribution in [2.24, 2.45) is 0 Å². The van der Waals surface area contributed by atoms with Crippen molar-refractivity contribution in [3.63, 3.8) is 0 Å². The molecule has 1 aromatic heterocycles. The molecule has 1 heterocycles. The average molecular weight is 254 g/mol. The number of nitrogens with one attached hydrogen (secondary N) is 2. The Bertz CT molecular complexity index is 373. The van der Waals surface area contributed by atoms with Crippen LogP contribution in [-0.2, 0) is 6.54 Å². The first kappa shape index (κ1) is 12.2. The summed E-state index contributed by atoms with van der Waals surface area (Å²) in [6.07, 6.45) is 5.91. The molecular formula is C11H18N4OS. The standard InChI is InChI=1S/C11H18N4OS/c12-10-14-9(7-17-10)6-13-11(16)15-8-4-2-1-3-5-8/h7-8H,1-6H2,(H2,12,14)(H2,13,15,16). The van der Waals surface area contributed by atoms with Gasteiger partial charge in [-0.25, -0.2) is 9.78 Å². The zero-order valence-electron chi connectivity index (χ0n) is 9.74. The Morgan fingerprint density at radius 2 is 2.24 bits per heavy atom.